The van der Waals surface area contributed by atoms with Gasteiger partial charge >= 0.3 is 0 Å². The van der Waals surface area contributed by atoms with Crippen molar-refractivity contribution in [2.45, 2.75) is 50.9 Å². The van der Waals surface area contributed by atoms with Crippen LogP contribution in [0.2, 0.25) is 0 Å². The number of anilines is 2. The Morgan fingerprint density at radius 1 is 0.552 bits per heavy atom. The zero-order valence-electron chi connectivity index (χ0n) is 32.0. The molecule has 2 atom stereocenters. The molecule has 4 aromatic carbocycles. The molecular weight excluding hydrogens is 729 g/mol. The number of nitrogens with one attached hydrogen (secondary N) is 2. The summed E-state index contributed by atoms with van der Waals surface area (Å²) in [5, 5.41) is 5.99. The van der Waals surface area contributed by atoms with Crippen molar-refractivity contribution in [1.29, 1.82) is 0 Å². The second-order valence-corrected chi connectivity index (χ2v) is 14.6. The van der Waals surface area contributed by atoms with E-state index in [4.69, 9.17) is 0 Å². The van der Waals surface area contributed by atoms with Gasteiger partial charge in [-0.2, -0.15) is 0 Å². The lowest BCUT2D eigenvalue weighted by atomic mass is 10.1. The lowest BCUT2D eigenvalue weighted by Gasteiger charge is -2.24. The fourth-order valence-electron chi connectivity index (χ4n) is 7.65. The topological polar surface area (TPSA) is 134 Å². The van der Waals surface area contributed by atoms with Crippen LogP contribution >= 0.6 is 0 Å². The minimum Gasteiger partial charge on any atom is -0.324 e. The summed E-state index contributed by atoms with van der Waals surface area (Å²) in [6.45, 7) is 2.03. The molecule has 2 fully saturated rings. The van der Waals surface area contributed by atoms with Crippen molar-refractivity contribution in [3.63, 3.8) is 0 Å². The lowest BCUT2D eigenvalue weighted by Crippen LogP contribution is -2.44. The summed E-state index contributed by atoms with van der Waals surface area (Å²) in [6.07, 6.45) is 13.4. The number of benzene rings is 4. The normalized spacial score (nSPS) is 16.5. The fourth-order valence-corrected chi connectivity index (χ4v) is 7.65. The largest absolute Gasteiger partial charge is 0.324 e. The van der Waals surface area contributed by atoms with E-state index < -0.39 is 12.1 Å². The molecule has 12 heteroatoms. The van der Waals surface area contributed by atoms with Crippen LogP contribution in [0.15, 0.2) is 134 Å². The zero-order chi connectivity index (χ0) is 39.8. The number of hydrogen-bond donors (Lipinski definition) is 2. The monoisotopic (exact) mass is 772 g/mol. The molecule has 0 saturated carbocycles. The third-order valence-electron chi connectivity index (χ3n) is 10.7. The molecule has 58 heavy (non-hydrogen) atoms. The van der Waals surface area contributed by atoms with Gasteiger partial charge in [0.15, 0.2) is 11.6 Å². The number of aromatic nitrogens is 4. The molecule has 6 aromatic rings. The van der Waals surface area contributed by atoms with Crippen molar-refractivity contribution in [2.24, 2.45) is 0 Å². The number of likely N-dealkylation sites (tertiary alicyclic amines) is 2. The number of rotatable bonds is 12. The van der Waals surface area contributed by atoms with E-state index >= 15 is 0 Å². The molecule has 0 spiro atoms. The summed E-state index contributed by atoms with van der Waals surface area (Å²) in [6, 6.07) is 33.7. The van der Waals surface area contributed by atoms with Gasteiger partial charge in [-0.15, -0.1) is 0 Å². The predicted octanol–water partition coefficient (Wildman–Crippen LogP) is 6.83. The van der Waals surface area contributed by atoms with Crippen LogP contribution in [0.4, 0.5) is 11.4 Å². The molecule has 2 saturated heterocycles. The standard InChI is InChI=1S/C46H44N8O4/c55-43(39-13-7-27-53(39)45(57)41-47-25-29-51(41)31-35-9-3-1-4-10-35)49-37-21-17-33(18-22-37)15-16-34-19-23-38(24-20-34)50-44(56)40-14-8-28-54(40)46(58)42-48-26-30-52(42)32-36-11-5-2-6-12-36/h1-6,9-12,15-26,29-30,39-40H,7-8,13-14,27-28,31-32H2,(H,49,55)(H,50,56)/t39-,40-/m0/s1. The van der Waals surface area contributed by atoms with Crippen LogP contribution in [0.3, 0.4) is 0 Å². The third-order valence-corrected chi connectivity index (χ3v) is 10.7. The highest BCUT2D eigenvalue weighted by molar-refractivity contribution is 6.01. The quantitative estimate of drug-likeness (QED) is 0.131. The van der Waals surface area contributed by atoms with E-state index in [0.29, 0.717) is 62.0 Å². The summed E-state index contributed by atoms with van der Waals surface area (Å²) in [7, 11) is 0. The van der Waals surface area contributed by atoms with Gasteiger partial charge in [0, 0.05) is 62.3 Å². The molecule has 2 aliphatic heterocycles. The van der Waals surface area contributed by atoms with Gasteiger partial charge in [0.25, 0.3) is 11.8 Å². The Labute approximate surface area is 336 Å². The van der Waals surface area contributed by atoms with E-state index in [-0.39, 0.29) is 23.6 Å². The number of amides is 4. The van der Waals surface area contributed by atoms with Crippen LogP contribution in [0.25, 0.3) is 12.2 Å². The number of hydrogen-bond acceptors (Lipinski definition) is 6. The van der Waals surface area contributed by atoms with Crippen molar-refractivity contribution in [3.8, 4) is 0 Å². The minimum atomic E-state index is -0.582. The predicted molar refractivity (Wildman–Crippen MR) is 223 cm³/mol. The number of carbonyl (C=O) groups excluding carboxylic acids is 4. The highest BCUT2D eigenvalue weighted by Gasteiger charge is 2.37. The van der Waals surface area contributed by atoms with E-state index in [9.17, 15) is 19.2 Å². The zero-order valence-corrected chi connectivity index (χ0v) is 32.0. The number of imidazole rings is 2. The van der Waals surface area contributed by atoms with Crippen LogP contribution in [-0.2, 0) is 22.7 Å². The maximum Gasteiger partial charge on any atom is 0.290 e. The first-order valence-corrected chi connectivity index (χ1v) is 19.6. The molecular formula is C46H44N8O4. The molecule has 8 rings (SSSR count). The summed E-state index contributed by atoms with van der Waals surface area (Å²) >= 11 is 0. The Balaban J connectivity index is 0.832. The van der Waals surface area contributed by atoms with Gasteiger partial charge in [-0.3, -0.25) is 19.2 Å². The van der Waals surface area contributed by atoms with Crippen molar-refractivity contribution in [2.75, 3.05) is 23.7 Å². The Morgan fingerprint density at radius 3 is 1.34 bits per heavy atom. The molecule has 2 N–H and O–H groups in total. The highest BCUT2D eigenvalue weighted by atomic mass is 16.2. The smallest absolute Gasteiger partial charge is 0.290 e. The van der Waals surface area contributed by atoms with Crippen molar-refractivity contribution >= 4 is 47.2 Å². The Hall–Kier alpha value is -7.08. The maximum absolute atomic E-state index is 13.6. The first-order chi connectivity index (χ1) is 28.4. The molecule has 2 aromatic heterocycles. The summed E-state index contributed by atoms with van der Waals surface area (Å²) < 4.78 is 3.65. The summed E-state index contributed by atoms with van der Waals surface area (Å²) in [5.41, 5.74) is 5.29. The molecule has 2 aliphatic rings. The van der Waals surface area contributed by atoms with Crippen molar-refractivity contribution < 1.29 is 19.2 Å². The van der Waals surface area contributed by atoms with Crippen LogP contribution in [0.1, 0.15) is 69.2 Å². The van der Waals surface area contributed by atoms with E-state index in [2.05, 4.69) is 20.6 Å². The fraction of sp³-hybridized carbons (Fsp3) is 0.217. The SMILES string of the molecule is O=C(Nc1ccc(C=Cc2ccc(NC(=O)[C@@H]3CCCN3C(=O)c3nccn3Cc3ccccc3)cc2)cc1)[C@@H]1CCCN1C(=O)c1nccn1Cc1ccccc1. The Kier molecular flexibility index (Phi) is 11.3. The second kappa shape index (κ2) is 17.4. The van der Waals surface area contributed by atoms with E-state index in [1.54, 1.807) is 34.6 Å². The first-order valence-electron chi connectivity index (χ1n) is 19.6. The molecule has 0 unspecified atom stereocenters. The number of carbonyl (C=O) groups is 4. The molecule has 292 valence electrons. The van der Waals surface area contributed by atoms with Gasteiger partial charge in [-0.1, -0.05) is 97.1 Å². The molecule has 4 heterocycles. The van der Waals surface area contributed by atoms with Crippen LogP contribution in [0, 0.1) is 0 Å². The van der Waals surface area contributed by atoms with Gasteiger partial charge < -0.3 is 29.6 Å². The van der Waals surface area contributed by atoms with Gasteiger partial charge in [0.2, 0.25) is 11.8 Å². The van der Waals surface area contributed by atoms with Gasteiger partial charge in [-0.05, 0) is 72.2 Å². The van der Waals surface area contributed by atoms with Crippen molar-refractivity contribution in [3.05, 3.63) is 168 Å². The third kappa shape index (κ3) is 8.66. The Bertz CT molecular complexity index is 2240. The van der Waals surface area contributed by atoms with Crippen LogP contribution in [-0.4, -0.2) is 77.7 Å². The van der Waals surface area contributed by atoms with E-state index in [1.165, 1.54) is 0 Å². The Morgan fingerprint density at radius 2 is 0.948 bits per heavy atom. The van der Waals surface area contributed by atoms with Gasteiger partial charge in [0.1, 0.15) is 12.1 Å². The summed E-state index contributed by atoms with van der Waals surface area (Å²) in [4.78, 5) is 65.9. The average Bonchev–Trinajstić information content (AvgIpc) is 4.10. The highest BCUT2D eigenvalue weighted by Crippen LogP contribution is 2.24. The molecule has 0 aliphatic carbocycles. The van der Waals surface area contributed by atoms with Gasteiger partial charge in [0.05, 0.1) is 0 Å². The number of nitrogens with zero attached hydrogens (tertiary/aromatic N) is 6. The van der Waals surface area contributed by atoms with E-state index in [0.717, 1.165) is 35.1 Å². The molecule has 0 bridgehead atoms. The molecule has 12 nitrogen and oxygen atoms in total. The lowest BCUT2D eigenvalue weighted by molar-refractivity contribution is -0.120. The van der Waals surface area contributed by atoms with Crippen LogP contribution < -0.4 is 10.6 Å². The minimum absolute atomic E-state index is 0.222. The summed E-state index contributed by atoms with van der Waals surface area (Å²) in [5.74, 6) is -0.296. The maximum atomic E-state index is 13.6. The molecule has 4 amide bonds. The first kappa shape index (κ1) is 37.8. The van der Waals surface area contributed by atoms with Crippen LogP contribution in [0.5, 0.6) is 0 Å². The average molecular weight is 773 g/mol. The van der Waals surface area contributed by atoms with Gasteiger partial charge in [-0.25, -0.2) is 9.97 Å². The second-order valence-electron chi connectivity index (χ2n) is 14.6. The molecule has 0 radical (unpaired) electrons. The van der Waals surface area contributed by atoms with E-state index in [1.807, 2.05) is 130 Å². The van der Waals surface area contributed by atoms with Crippen molar-refractivity contribution in [1.82, 2.24) is 28.9 Å².